The molecule has 0 saturated heterocycles. The van der Waals surface area contributed by atoms with Crippen LogP contribution in [-0.2, 0) is 9.59 Å². The Morgan fingerprint density at radius 1 is 1.05 bits per heavy atom. The van der Waals surface area contributed by atoms with Crippen molar-refractivity contribution in [1.82, 2.24) is 5.43 Å². The Bertz CT molecular complexity index is 405. The van der Waals surface area contributed by atoms with Gasteiger partial charge in [-0.25, -0.2) is 5.43 Å². The summed E-state index contributed by atoms with van der Waals surface area (Å²) in [6.45, 7) is 3.80. The molecule has 0 bridgehead atoms. The summed E-state index contributed by atoms with van der Waals surface area (Å²) in [5, 5.41) is 32.1. The normalized spacial score (nSPS) is 9.38. The van der Waals surface area contributed by atoms with Gasteiger partial charge in [-0.05, 0) is 6.92 Å². The molecule has 0 heterocycles. The summed E-state index contributed by atoms with van der Waals surface area (Å²) < 4.78 is 0. The van der Waals surface area contributed by atoms with E-state index in [1.807, 2.05) is 0 Å². The summed E-state index contributed by atoms with van der Waals surface area (Å²) in [6.07, 6.45) is 1.33. The average molecular weight is 304 g/mol. The summed E-state index contributed by atoms with van der Waals surface area (Å²) in [5.74, 6) is -2.06. The van der Waals surface area contributed by atoms with Gasteiger partial charge in [0.25, 0.3) is 11.9 Å². The van der Waals surface area contributed by atoms with Crippen LogP contribution in [-0.4, -0.2) is 46.0 Å². The molecule has 0 unspecified atom stereocenters. The van der Waals surface area contributed by atoms with Crippen molar-refractivity contribution in [3.8, 4) is 0 Å². The van der Waals surface area contributed by atoms with Crippen molar-refractivity contribution in [3.05, 3.63) is 0 Å². The van der Waals surface area contributed by atoms with Crippen molar-refractivity contribution in [2.45, 2.75) is 20.8 Å². The molecule has 0 fully saturated rings. The van der Waals surface area contributed by atoms with E-state index in [1.165, 1.54) is 6.21 Å². The van der Waals surface area contributed by atoms with Crippen molar-refractivity contribution < 1.29 is 19.8 Å². The van der Waals surface area contributed by atoms with Gasteiger partial charge in [0.15, 0.2) is 0 Å². The van der Waals surface area contributed by atoms with E-state index in [1.54, 1.807) is 6.92 Å². The Kier molecular flexibility index (Phi) is 16.3. The number of hydrogen-bond acceptors (Lipinski definition) is 6. The van der Waals surface area contributed by atoms with Gasteiger partial charge in [0.05, 0.1) is 11.9 Å². The molecule has 0 aromatic heterocycles. The number of rotatable bonds is 3. The zero-order valence-corrected chi connectivity index (χ0v) is 11.9. The van der Waals surface area contributed by atoms with E-state index < -0.39 is 11.9 Å². The summed E-state index contributed by atoms with van der Waals surface area (Å²) >= 11 is 0. The molecule has 12 heteroatoms. The molecular formula is C9H20N8O4. The van der Waals surface area contributed by atoms with Gasteiger partial charge in [0.2, 0.25) is 11.9 Å². The molecule has 0 aromatic rings. The smallest absolute Gasteiger partial charge is 0.300 e. The van der Waals surface area contributed by atoms with Crippen LogP contribution < -0.4 is 22.6 Å². The maximum Gasteiger partial charge on any atom is 0.300 e. The van der Waals surface area contributed by atoms with Gasteiger partial charge in [-0.1, -0.05) is 0 Å². The fraction of sp³-hybridized carbons (Fsp3) is 0.333. The predicted molar refractivity (Wildman–Crippen MR) is 79.1 cm³/mol. The van der Waals surface area contributed by atoms with Crippen LogP contribution in [0.15, 0.2) is 15.3 Å². The molecule has 0 radical (unpaired) electrons. The molecule has 0 rings (SSSR count). The highest BCUT2D eigenvalue weighted by Gasteiger charge is 1.84. The highest BCUT2D eigenvalue weighted by Crippen LogP contribution is 1.74. The average Bonchev–Trinajstić information content (AvgIpc) is 2.24. The standard InChI is InChI=1S/C5H12N8.2C2H4O2/c1-3(11-13-5(8)9)2-10-12-4(6)7;2*1-2(3)4/h2H,1H3,(H4,6,7,12)(H4,8,9,13);2*1H3,(H,3,4)/b10-2+,11-3+;;. The minimum Gasteiger partial charge on any atom is -0.481 e. The third-order valence-corrected chi connectivity index (χ3v) is 0.760. The second-order valence-electron chi connectivity index (χ2n) is 3.09. The zero-order chi connectivity index (χ0) is 17.4. The molecule has 0 amide bonds. The van der Waals surface area contributed by atoms with Crippen LogP contribution in [0.4, 0.5) is 0 Å². The van der Waals surface area contributed by atoms with Crippen LogP contribution >= 0.6 is 0 Å². The Hall–Kier alpha value is -3.18. The first-order valence-corrected chi connectivity index (χ1v) is 5.14. The number of guanidine groups is 2. The maximum atomic E-state index is 9.00. The summed E-state index contributed by atoms with van der Waals surface area (Å²) in [5.41, 5.74) is 17.7. The molecule has 21 heavy (non-hydrogen) atoms. The number of hydrogen-bond donors (Lipinski definition) is 7. The lowest BCUT2D eigenvalue weighted by Crippen LogP contribution is -2.25. The number of aliphatic carboxylic acids is 2. The molecule has 0 aromatic carbocycles. The number of carboxylic acid groups (broad SMARTS) is 2. The van der Waals surface area contributed by atoms with E-state index in [0.717, 1.165) is 13.8 Å². The maximum absolute atomic E-state index is 9.00. The number of nitrogens with two attached hydrogens (primary N) is 3. The Labute approximate surface area is 120 Å². The molecule has 120 valence electrons. The van der Waals surface area contributed by atoms with Crippen LogP contribution in [0.25, 0.3) is 0 Å². The molecule has 0 spiro atoms. The van der Waals surface area contributed by atoms with E-state index in [4.69, 9.17) is 42.4 Å². The minimum absolute atomic E-state index is 0.132. The third kappa shape index (κ3) is 60.4. The SMILES string of the molecule is CC(/C=N/NC(=N)N)=N\N=C(N)N.CC(=O)O.CC(=O)O. The van der Waals surface area contributed by atoms with E-state index in [0.29, 0.717) is 5.71 Å². The van der Waals surface area contributed by atoms with Crippen molar-refractivity contribution >= 4 is 35.8 Å². The first kappa shape index (κ1) is 23.0. The van der Waals surface area contributed by atoms with Gasteiger partial charge in [0, 0.05) is 13.8 Å². The van der Waals surface area contributed by atoms with Crippen LogP contribution in [0.3, 0.4) is 0 Å². The number of carboxylic acids is 2. The van der Waals surface area contributed by atoms with E-state index >= 15 is 0 Å². The molecular weight excluding hydrogens is 284 g/mol. The summed E-state index contributed by atoms with van der Waals surface area (Å²) in [7, 11) is 0. The molecule has 12 nitrogen and oxygen atoms in total. The van der Waals surface area contributed by atoms with Crippen molar-refractivity contribution in [2.24, 2.45) is 32.5 Å². The zero-order valence-electron chi connectivity index (χ0n) is 11.9. The molecule has 10 N–H and O–H groups in total. The molecule has 0 aliphatic rings. The lowest BCUT2D eigenvalue weighted by molar-refractivity contribution is -0.135. The van der Waals surface area contributed by atoms with Gasteiger partial charge < -0.3 is 27.4 Å². The first-order valence-electron chi connectivity index (χ1n) is 5.14. The van der Waals surface area contributed by atoms with Crippen LogP contribution in [0.1, 0.15) is 20.8 Å². The van der Waals surface area contributed by atoms with Crippen molar-refractivity contribution in [1.29, 1.82) is 5.41 Å². The lowest BCUT2D eigenvalue weighted by Gasteiger charge is -1.92. The van der Waals surface area contributed by atoms with Crippen molar-refractivity contribution in [2.75, 3.05) is 0 Å². The Balaban J connectivity index is -0.000000334. The lowest BCUT2D eigenvalue weighted by atomic mass is 10.5. The van der Waals surface area contributed by atoms with Crippen LogP contribution in [0, 0.1) is 5.41 Å². The monoisotopic (exact) mass is 304 g/mol. The van der Waals surface area contributed by atoms with Gasteiger partial charge in [-0.2, -0.15) is 10.2 Å². The second kappa shape index (κ2) is 14.9. The van der Waals surface area contributed by atoms with Crippen molar-refractivity contribution in [3.63, 3.8) is 0 Å². The van der Waals surface area contributed by atoms with Crippen LogP contribution in [0.5, 0.6) is 0 Å². The van der Waals surface area contributed by atoms with Crippen LogP contribution in [0.2, 0.25) is 0 Å². The summed E-state index contributed by atoms with van der Waals surface area (Å²) in [6, 6.07) is 0. The van der Waals surface area contributed by atoms with Gasteiger partial charge in [-0.3, -0.25) is 15.0 Å². The Morgan fingerprint density at radius 3 is 1.71 bits per heavy atom. The predicted octanol–water partition coefficient (Wildman–Crippen LogP) is -1.71. The molecule has 0 aliphatic carbocycles. The number of carbonyl (C=O) groups is 2. The first-order chi connectivity index (χ1) is 9.48. The molecule has 0 aliphatic heterocycles. The Morgan fingerprint density at radius 2 is 1.43 bits per heavy atom. The van der Waals surface area contributed by atoms with E-state index in [-0.39, 0.29) is 11.9 Å². The highest BCUT2D eigenvalue weighted by molar-refractivity contribution is 6.29. The third-order valence-electron chi connectivity index (χ3n) is 0.760. The fourth-order valence-electron chi connectivity index (χ4n) is 0.358. The minimum atomic E-state index is -0.833. The number of hydrazone groups is 1. The van der Waals surface area contributed by atoms with Gasteiger partial charge in [0.1, 0.15) is 0 Å². The van der Waals surface area contributed by atoms with E-state index in [9.17, 15) is 0 Å². The quantitative estimate of drug-likeness (QED) is 0.180. The molecule has 0 atom stereocenters. The topological polar surface area (TPSA) is 226 Å². The second-order valence-corrected chi connectivity index (χ2v) is 3.09. The van der Waals surface area contributed by atoms with Gasteiger partial charge in [-0.15, -0.1) is 5.10 Å². The number of nitrogens with zero attached hydrogens (tertiary/aromatic N) is 3. The van der Waals surface area contributed by atoms with E-state index in [2.05, 4.69) is 20.7 Å². The highest BCUT2D eigenvalue weighted by atomic mass is 16.4. The van der Waals surface area contributed by atoms with Gasteiger partial charge >= 0.3 is 0 Å². The number of nitrogens with one attached hydrogen (secondary N) is 2. The summed E-state index contributed by atoms with van der Waals surface area (Å²) in [4.78, 5) is 18.0. The largest absolute Gasteiger partial charge is 0.481 e. The molecule has 0 saturated carbocycles. The fourth-order valence-corrected chi connectivity index (χ4v) is 0.358.